The number of rotatable bonds is 3. The lowest BCUT2D eigenvalue weighted by Gasteiger charge is -2.22. The number of amidine groups is 1. The van der Waals surface area contributed by atoms with Crippen LogP contribution in [-0.2, 0) is 6.54 Å². The average Bonchev–Trinajstić information content (AvgIpc) is 2.67. The number of aliphatic imine (C=N–C) groups is 1. The fraction of sp³-hybridized carbons (Fsp3) is 0.364. The molecule has 2 nitrogen and oxygen atoms in total. The molecule has 0 aliphatic carbocycles. The average molecular weight is 289 g/mol. The standard InChI is InChI=1S/C11H11BrF2N2/c12-11(13,14)10-15-6-7-16(10)8-9-4-2-1-3-5-9/h1-5H,6-8H2. The number of hydrogen-bond donors (Lipinski definition) is 0. The molecule has 0 fully saturated rings. The van der Waals surface area contributed by atoms with E-state index in [0.717, 1.165) is 5.56 Å². The molecule has 1 aliphatic heterocycles. The highest BCUT2D eigenvalue weighted by Gasteiger charge is 2.38. The first kappa shape index (κ1) is 11.5. The molecule has 0 saturated carbocycles. The Kier molecular flexibility index (Phi) is 3.23. The fourth-order valence-corrected chi connectivity index (χ4v) is 2.09. The molecule has 0 atom stereocenters. The van der Waals surface area contributed by atoms with Gasteiger partial charge in [-0.15, -0.1) is 0 Å². The molecule has 0 bridgehead atoms. The number of hydrogen-bond acceptors (Lipinski definition) is 2. The highest BCUT2D eigenvalue weighted by molar-refractivity contribution is 9.10. The first-order chi connectivity index (χ1) is 7.57. The summed E-state index contributed by atoms with van der Waals surface area (Å²) in [4.78, 5) is 2.40. The molecule has 2 rings (SSSR count). The minimum atomic E-state index is -3.03. The number of alkyl halides is 3. The zero-order chi connectivity index (χ0) is 11.6. The van der Waals surface area contributed by atoms with Gasteiger partial charge in [-0.25, -0.2) is 0 Å². The molecule has 1 aromatic carbocycles. The van der Waals surface area contributed by atoms with E-state index >= 15 is 0 Å². The van der Waals surface area contributed by atoms with Gasteiger partial charge in [-0.05, 0) is 21.5 Å². The topological polar surface area (TPSA) is 15.6 Å². The van der Waals surface area contributed by atoms with E-state index in [9.17, 15) is 8.78 Å². The van der Waals surface area contributed by atoms with Crippen molar-refractivity contribution < 1.29 is 8.78 Å². The van der Waals surface area contributed by atoms with E-state index in [2.05, 4.69) is 20.9 Å². The van der Waals surface area contributed by atoms with E-state index in [0.29, 0.717) is 19.6 Å². The van der Waals surface area contributed by atoms with Crippen LogP contribution >= 0.6 is 15.9 Å². The molecule has 1 heterocycles. The van der Waals surface area contributed by atoms with E-state index in [4.69, 9.17) is 0 Å². The zero-order valence-corrected chi connectivity index (χ0v) is 10.1. The van der Waals surface area contributed by atoms with Crippen molar-refractivity contribution in [2.45, 2.75) is 11.4 Å². The van der Waals surface area contributed by atoms with Crippen molar-refractivity contribution in [2.75, 3.05) is 13.1 Å². The van der Waals surface area contributed by atoms with Gasteiger partial charge in [0.25, 0.3) is 0 Å². The maximum Gasteiger partial charge on any atom is 0.357 e. The summed E-state index contributed by atoms with van der Waals surface area (Å²) in [6.07, 6.45) is 0. The highest BCUT2D eigenvalue weighted by Crippen LogP contribution is 2.28. The second-order valence-electron chi connectivity index (χ2n) is 3.61. The third-order valence-corrected chi connectivity index (χ3v) is 2.76. The lowest BCUT2D eigenvalue weighted by molar-refractivity contribution is 0.174. The Morgan fingerprint density at radius 2 is 2.00 bits per heavy atom. The van der Waals surface area contributed by atoms with Crippen molar-refractivity contribution >= 4 is 21.8 Å². The lowest BCUT2D eigenvalue weighted by atomic mass is 10.2. The van der Waals surface area contributed by atoms with E-state index in [-0.39, 0.29) is 5.84 Å². The van der Waals surface area contributed by atoms with E-state index in [1.807, 2.05) is 30.3 Å². The first-order valence-corrected chi connectivity index (χ1v) is 5.77. The molecule has 1 aliphatic rings. The minimum absolute atomic E-state index is 0.170. The van der Waals surface area contributed by atoms with Gasteiger partial charge in [-0.2, -0.15) is 8.78 Å². The summed E-state index contributed by atoms with van der Waals surface area (Å²) in [5.41, 5.74) is 1.01. The van der Waals surface area contributed by atoms with Gasteiger partial charge in [-0.1, -0.05) is 30.3 Å². The van der Waals surface area contributed by atoms with Crippen molar-refractivity contribution in [2.24, 2.45) is 4.99 Å². The van der Waals surface area contributed by atoms with Gasteiger partial charge in [0, 0.05) is 13.1 Å². The Hall–Kier alpha value is -0.970. The van der Waals surface area contributed by atoms with Gasteiger partial charge >= 0.3 is 4.83 Å². The number of nitrogens with zero attached hydrogens (tertiary/aromatic N) is 2. The third kappa shape index (κ3) is 2.58. The smallest absolute Gasteiger partial charge is 0.348 e. The Bertz CT molecular complexity index is 387. The molecule has 86 valence electrons. The Labute approximate surface area is 101 Å². The van der Waals surface area contributed by atoms with Crippen molar-refractivity contribution in [3.63, 3.8) is 0 Å². The lowest BCUT2D eigenvalue weighted by Crippen LogP contribution is -2.36. The number of benzene rings is 1. The van der Waals surface area contributed by atoms with Crippen LogP contribution in [0.25, 0.3) is 0 Å². The second-order valence-corrected chi connectivity index (χ2v) is 4.61. The van der Waals surface area contributed by atoms with Gasteiger partial charge in [0.05, 0.1) is 6.54 Å². The summed E-state index contributed by atoms with van der Waals surface area (Å²) < 4.78 is 26.2. The molecule has 0 N–H and O–H groups in total. The fourth-order valence-electron chi connectivity index (χ4n) is 1.71. The van der Waals surface area contributed by atoms with Crippen molar-refractivity contribution in [1.29, 1.82) is 0 Å². The molecule has 0 amide bonds. The molecule has 0 radical (unpaired) electrons. The summed E-state index contributed by atoms with van der Waals surface area (Å²) >= 11 is 2.35. The van der Waals surface area contributed by atoms with Gasteiger partial charge in [0.15, 0.2) is 5.84 Å². The minimum Gasteiger partial charge on any atom is -0.348 e. The molecule has 1 aromatic rings. The molecule has 0 saturated heterocycles. The van der Waals surface area contributed by atoms with Gasteiger partial charge in [-0.3, -0.25) is 4.99 Å². The van der Waals surface area contributed by atoms with Crippen molar-refractivity contribution in [1.82, 2.24) is 4.90 Å². The highest BCUT2D eigenvalue weighted by atomic mass is 79.9. The van der Waals surface area contributed by atoms with E-state index < -0.39 is 4.83 Å². The van der Waals surface area contributed by atoms with Gasteiger partial charge in [0.2, 0.25) is 0 Å². The van der Waals surface area contributed by atoms with E-state index in [1.165, 1.54) is 0 Å². The quantitative estimate of drug-likeness (QED) is 0.781. The summed E-state index contributed by atoms with van der Waals surface area (Å²) in [7, 11) is 0. The van der Waals surface area contributed by atoms with Crippen LogP contribution in [0, 0.1) is 0 Å². The van der Waals surface area contributed by atoms with Crippen molar-refractivity contribution in [3.8, 4) is 0 Å². The van der Waals surface area contributed by atoms with Crippen LogP contribution in [0.5, 0.6) is 0 Å². The maximum atomic E-state index is 13.1. The molecule has 0 aromatic heterocycles. The summed E-state index contributed by atoms with van der Waals surface area (Å²) in [6, 6.07) is 9.54. The van der Waals surface area contributed by atoms with Crippen LogP contribution in [0.3, 0.4) is 0 Å². The molecular weight excluding hydrogens is 278 g/mol. The van der Waals surface area contributed by atoms with Gasteiger partial charge in [0.1, 0.15) is 0 Å². The predicted molar refractivity (Wildman–Crippen MR) is 63.0 cm³/mol. The van der Waals surface area contributed by atoms with Crippen LogP contribution in [0.2, 0.25) is 0 Å². The molecule has 5 heteroatoms. The molecule has 0 spiro atoms. The van der Waals surface area contributed by atoms with Crippen LogP contribution in [0.4, 0.5) is 8.78 Å². The predicted octanol–water partition coefficient (Wildman–Crippen LogP) is 2.89. The van der Waals surface area contributed by atoms with Crippen LogP contribution in [0.15, 0.2) is 35.3 Å². The Morgan fingerprint density at radius 1 is 1.31 bits per heavy atom. The molecular formula is C11H11BrF2N2. The van der Waals surface area contributed by atoms with Gasteiger partial charge < -0.3 is 4.90 Å². The number of halogens is 3. The second kappa shape index (κ2) is 4.49. The monoisotopic (exact) mass is 288 g/mol. The first-order valence-electron chi connectivity index (χ1n) is 4.98. The Morgan fingerprint density at radius 3 is 2.62 bits per heavy atom. The summed E-state index contributed by atoms with van der Waals surface area (Å²) in [5.74, 6) is -0.170. The summed E-state index contributed by atoms with van der Waals surface area (Å²) in [5, 5.41) is 0. The molecule has 16 heavy (non-hydrogen) atoms. The normalized spacial score (nSPS) is 16.4. The summed E-state index contributed by atoms with van der Waals surface area (Å²) in [6.45, 7) is 1.45. The van der Waals surface area contributed by atoms with Crippen LogP contribution in [-0.4, -0.2) is 28.7 Å². The molecule has 0 unspecified atom stereocenters. The largest absolute Gasteiger partial charge is 0.357 e. The maximum absolute atomic E-state index is 13.1. The third-order valence-electron chi connectivity index (χ3n) is 2.40. The Balaban J connectivity index is 2.09. The van der Waals surface area contributed by atoms with Crippen LogP contribution < -0.4 is 0 Å². The van der Waals surface area contributed by atoms with E-state index in [1.54, 1.807) is 4.90 Å². The van der Waals surface area contributed by atoms with Crippen molar-refractivity contribution in [3.05, 3.63) is 35.9 Å². The zero-order valence-electron chi connectivity index (χ0n) is 8.54. The van der Waals surface area contributed by atoms with Crippen LogP contribution in [0.1, 0.15) is 5.56 Å². The SMILES string of the molecule is FC(F)(Br)C1=NCCN1Cc1ccccc1.